The third kappa shape index (κ3) is 3.86. The van der Waals surface area contributed by atoms with Crippen LogP contribution in [0.5, 0.6) is 5.75 Å². The summed E-state index contributed by atoms with van der Waals surface area (Å²) >= 11 is 1.21. The van der Waals surface area contributed by atoms with Gasteiger partial charge in [0, 0.05) is 17.8 Å². The number of carbonyl (C=O) groups is 1. The molecule has 29 heavy (non-hydrogen) atoms. The van der Waals surface area contributed by atoms with Gasteiger partial charge in [-0.1, -0.05) is 12.1 Å². The number of aryl methyl sites for hydroxylation is 1. The van der Waals surface area contributed by atoms with Crippen LogP contribution in [0, 0.1) is 0 Å². The SMILES string of the molecule is COc1cccc(C(=O)Nc2ccc3c(c2)CCCN3S(=O)(=O)c2cccs2)c1. The van der Waals surface area contributed by atoms with Gasteiger partial charge in [0.05, 0.1) is 12.8 Å². The van der Waals surface area contributed by atoms with Crippen molar-refractivity contribution in [3.63, 3.8) is 0 Å². The molecule has 1 aromatic heterocycles. The molecule has 0 saturated carbocycles. The van der Waals surface area contributed by atoms with Crippen LogP contribution in [-0.4, -0.2) is 28.0 Å². The van der Waals surface area contributed by atoms with Crippen LogP contribution in [0.4, 0.5) is 11.4 Å². The van der Waals surface area contributed by atoms with Gasteiger partial charge in [0.1, 0.15) is 9.96 Å². The van der Waals surface area contributed by atoms with Crippen molar-refractivity contribution in [2.45, 2.75) is 17.1 Å². The molecule has 0 atom stereocenters. The number of anilines is 2. The smallest absolute Gasteiger partial charge is 0.273 e. The average Bonchev–Trinajstić information content (AvgIpc) is 3.29. The molecule has 8 heteroatoms. The summed E-state index contributed by atoms with van der Waals surface area (Å²) in [7, 11) is -2.02. The predicted molar refractivity (Wildman–Crippen MR) is 115 cm³/mol. The zero-order valence-corrected chi connectivity index (χ0v) is 17.4. The van der Waals surface area contributed by atoms with Crippen molar-refractivity contribution in [2.75, 3.05) is 23.3 Å². The fourth-order valence-corrected chi connectivity index (χ4v) is 6.02. The van der Waals surface area contributed by atoms with Gasteiger partial charge >= 0.3 is 0 Å². The summed E-state index contributed by atoms with van der Waals surface area (Å²) in [5.74, 6) is 0.361. The van der Waals surface area contributed by atoms with Crippen LogP contribution in [0.1, 0.15) is 22.3 Å². The summed E-state index contributed by atoms with van der Waals surface area (Å²) in [6.45, 7) is 0.447. The Hall–Kier alpha value is -2.84. The van der Waals surface area contributed by atoms with Crippen LogP contribution in [0.25, 0.3) is 0 Å². The molecular formula is C21H20N2O4S2. The number of benzene rings is 2. The van der Waals surface area contributed by atoms with E-state index in [-0.39, 0.29) is 5.91 Å². The Morgan fingerprint density at radius 3 is 2.76 bits per heavy atom. The lowest BCUT2D eigenvalue weighted by atomic mass is 10.0. The highest BCUT2D eigenvalue weighted by atomic mass is 32.2. The van der Waals surface area contributed by atoms with Crippen molar-refractivity contribution in [3.05, 3.63) is 71.1 Å². The maximum absolute atomic E-state index is 13.0. The highest BCUT2D eigenvalue weighted by molar-refractivity contribution is 7.94. The first-order chi connectivity index (χ1) is 14.0. The second kappa shape index (κ2) is 7.88. The van der Waals surface area contributed by atoms with E-state index < -0.39 is 10.0 Å². The van der Waals surface area contributed by atoms with Crippen LogP contribution in [0.3, 0.4) is 0 Å². The quantitative estimate of drug-likeness (QED) is 0.662. The van der Waals surface area contributed by atoms with E-state index in [4.69, 9.17) is 4.74 Å². The lowest BCUT2D eigenvalue weighted by Gasteiger charge is -2.30. The number of amides is 1. The number of hydrogen-bond donors (Lipinski definition) is 1. The van der Waals surface area contributed by atoms with Gasteiger partial charge in [0.2, 0.25) is 0 Å². The Morgan fingerprint density at radius 1 is 1.14 bits per heavy atom. The average molecular weight is 429 g/mol. The highest BCUT2D eigenvalue weighted by Gasteiger charge is 2.30. The maximum atomic E-state index is 13.0. The second-order valence-electron chi connectivity index (χ2n) is 6.64. The number of methoxy groups -OCH3 is 1. The van der Waals surface area contributed by atoms with Gasteiger partial charge < -0.3 is 10.1 Å². The van der Waals surface area contributed by atoms with Gasteiger partial charge in [0.25, 0.3) is 15.9 Å². The number of fused-ring (bicyclic) bond motifs is 1. The lowest BCUT2D eigenvalue weighted by molar-refractivity contribution is 0.102. The zero-order chi connectivity index (χ0) is 20.4. The van der Waals surface area contributed by atoms with Crippen LogP contribution in [0.15, 0.2) is 64.2 Å². The number of nitrogens with one attached hydrogen (secondary N) is 1. The molecule has 1 aliphatic rings. The van der Waals surface area contributed by atoms with Gasteiger partial charge in [0.15, 0.2) is 0 Å². The maximum Gasteiger partial charge on any atom is 0.273 e. The van der Waals surface area contributed by atoms with Crippen molar-refractivity contribution in [1.29, 1.82) is 0 Å². The summed E-state index contributed by atoms with van der Waals surface area (Å²) in [6.07, 6.45) is 1.49. The van der Waals surface area contributed by atoms with Crippen molar-refractivity contribution < 1.29 is 17.9 Å². The Morgan fingerprint density at radius 2 is 2.00 bits per heavy atom. The molecule has 2 heterocycles. The Labute approximate surface area is 173 Å². The standard InChI is InChI=1S/C21H20N2O4S2/c1-27-18-7-2-5-16(14-18)21(24)22-17-9-10-19-15(13-17)6-3-11-23(19)29(25,26)20-8-4-12-28-20/h2,4-5,7-10,12-14H,3,6,11H2,1H3,(H,22,24). The van der Waals surface area contributed by atoms with Crippen LogP contribution >= 0.6 is 11.3 Å². The summed E-state index contributed by atoms with van der Waals surface area (Å²) in [4.78, 5) is 12.6. The molecule has 0 aliphatic carbocycles. The summed E-state index contributed by atoms with van der Waals surface area (Å²) in [5.41, 5.74) is 2.69. The van der Waals surface area contributed by atoms with E-state index in [9.17, 15) is 13.2 Å². The largest absolute Gasteiger partial charge is 0.497 e. The molecule has 0 saturated heterocycles. The Bertz CT molecular complexity index is 1140. The molecule has 1 aliphatic heterocycles. The number of nitrogens with zero attached hydrogens (tertiary/aromatic N) is 1. The minimum Gasteiger partial charge on any atom is -0.497 e. The number of ether oxygens (including phenoxy) is 1. The monoisotopic (exact) mass is 428 g/mol. The summed E-state index contributed by atoms with van der Waals surface area (Å²) in [6, 6.07) is 15.6. The molecule has 1 amide bonds. The molecule has 2 aromatic carbocycles. The molecule has 4 rings (SSSR count). The zero-order valence-electron chi connectivity index (χ0n) is 15.8. The first-order valence-corrected chi connectivity index (χ1v) is 11.5. The first-order valence-electron chi connectivity index (χ1n) is 9.13. The van der Waals surface area contributed by atoms with E-state index in [2.05, 4.69) is 5.32 Å². The topological polar surface area (TPSA) is 75.7 Å². The molecule has 6 nitrogen and oxygen atoms in total. The summed E-state index contributed by atoms with van der Waals surface area (Å²) in [5, 5.41) is 4.64. The number of rotatable bonds is 5. The number of thiophene rings is 1. The predicted octanol–water partition coefficient (Wildman–Crippen LogP) is 4.15. The van der Waals surface area contributed by atoms with E-state index in [1.807, 2.05) is 6.07 Å². The van der Waals surface area contributed by atoms with Crippen LogP contribution in [-0.2, 0) is 16.4 Å². The summed E-state index contributed by atoms with van der Waals surface area (Å²) < 4.78 is 32.9. The van der Waals surface area contributed by atoms with E-state index >= 15 is 0 Å². The fraction of sp³-hybridized carbons (Fsp3) is 0.190. The molecule has 0 bridgehead atoms. The minimum absolute atomic E-state index is 0.247. The molecule has 3 aromatic rings. The first kappa shape index (κ1) is 19.5. The Balaban J connectivity index is 1.59. The van der Waals surface area contributed by atoms with Gasteiger partial charge in [-0.25, -0.2) is 8.42 Å². The third-order valence-electron chi connectivity index (χ3n) is 4.78. The van der Waals surface area contributed by atoms with Crippen LogP contribution < -0.4 is 14.4 Å². The van der Waals surface area contributed by atoms with E-state index in [0.717, 1.165) is 18.4 Å². The molecule has 0 fully saturated rings. The number of sulfonamides is 1. The fourth-order valence-electron chi connectivity index (χ4n) is 3.38. The molecule has 150 valence electrons. The van der Waals surface area contributed by atoms with Gasteiger partial charge in [-0.05, 0) is 66.2 Å². The van der Waals surface area contributed by atoms with Crippen molar-refractivity contribution in [1.82, 2.24) is 0 Å². The second-order valence-corrected chi connectivity index (χ2v) is 9.68. The third-order valence-corrected chi connectivity index (χ3v) is 7.97. The molecular weight excluding hydrogens is 408 g/mol. The van der Waals surface area contributed by atoms with Gasteiger partial charge in [-0.3, -0.25) is 9.10 Å². The van der Waals surface area contributed by atoms with E-state index in [0.29, 0.717) is 33.4 Å². The van der Waals surface area contributed by atoms with Gasteiger partial charge in [-0.15, -0.1) is 11.3 Å². The van der Waals surface area contributed by atoms with Crippen molar-refractivity contribution in [3.8, 4) is 5.75 Å². The molecule has 0 spiro atoms. The lowest BCUT2D eigenvalue weighted by Crippen LogP contribution is -2.35. The molecule has 0 unspecified atom stereocenters. The minimum atomic E-state index is -3.57. The van der Waals surface area contributed by atoms with Crippen molar-refractivity contribution in [2.24, 2.45) is 0 Å². The normalized spacial score (nSPS) is 13.6. The van der Waals surface area contributed by atoms with E-state index in [1.165, 1.54) is 15.6 Å². The molecule has 1 N–H and O–H groups in total. The number of hydrogen-bond acceptors (Lipinski definition) is 5. The number of carbonyl (C=O) groups excluding carboxylic acids is 1. The Kier molecular flexibility index (Phi) is 5.29. The van der Waals surface area contributed by atoms with Gasteiger partial charge in [-0.2, -0.15) is 0 Å². The van der Waals surface area contributed by atoms with Crippen molar-refractivity contribution >= 4 is 38.6 Å². The van der Waals surface area contributed by atoms with E-state index in [1.54, 1.807) is 61.0 Å². The molecule has 0 radical (unpaired) electrons. The highest BCUT2D eigenvalue weighted by Crippen LogP contribution is 2.35. The van der Waals surface area contributed by atoms with Crippen LogP contribution in [0.2, 0.25) is 0 Å².